The normalized spacial score (nSPS) is 11.1. The van der Waals surface area contributed by atoms with E-state index >= 15 is 0 Å². The van der Waals surface area contributed by atoms with Gasteiger partial charge in [0.1, 0.15) is 6.54 Å². The van der Waals surface area contributed by atoms with Gasteiger partial charge in [0.15, 0.2) is 10.6 Å². The highest BCUT2D eigenvalue weighted by molar-refractivity contribution is 7.71. The van der Waals surface area contributed by atoms with Crippen molar-refractivity contribution < 1.29 is 4.79 Å². The number of rotatable bonds is 4. The molecule has 25 heavy (non-hydrogen) atoms. The van der Waals surface area contributed by atoms with Gasteiger partial charge < -0.3 is 5.32 Å². The number of thiazole rings is 1. The minimum atomic E-state index is -0.157. The molecule has 3 heterocycles. The van der Waals surface area contributed by atoms with Crippen LogP contribution in [0.3, 0.4) is 0 Å². The van der Waals surface area contributed by atoms with E-state index in [1.807, 2.05) is 42.6 Å². The molecule has 0 radical (unpaired) electrons. The molecule has 0 aliphatic carbocycles. The first-order chi connectivity index (χ1) is 12.1. The molecular weight excluding hydrogens is 374 g/mol. The Morgan fingerprint density at radius 3 is 3.08 bits per heavy atom. The van der Waals surface area contributed by atoms with E-state index in [-0.39, 0.29) is 12.5 Å². The molecule has 0 aliphatic rings. The summed E-state index contributed by atoms with van der Waals surface area (Å²) in [5.74, 6) is 0.513. The number of fused-ring (bicyclic) bond motifs is 1. The summed E-state index contributed by atoms with van der Waals surface area (Å²) in [7, 11) is 0. The maximum atomic E-state index is 12.5. The number of hydrogen-bond donors (Lipinski definition) is 2. The maximum absolute atomic E-state index is 12.5. The fourth-order valence-electron chi connectivity index (χ4n) is 2.52. The van der Waals surface area contributed by atoms with Gasteiger partial charge in [-0.25, -0.2) is 4.98 Å². The van der Waals surface area contributed by atoms with Crippen LogP contribution < -0.4 is 5.32 Å². The number of benzene rings is 1. The SMILES string of the molecule is Cc1nc2ccc(NC(=O)Cn3c(-c4cccs4)n[nH]c3=S)cc2s1. The van der Waals surface area contributed by atoms with E-state index in [1.54, 1.807) is 27.2 Å². The van der Waals surface area contributed by atoms with Crippen molar-refractivity contribution in [1.82, 2.24) is 19.7 Å². The Kier molecular flexibility index (Phi) is 4.20. The molecule has 6 nitrogen and oxygen atoms in total. The van der Waals surface area contributed by atoms with Gasteiger partial charge in [-0.05, 0) is 48.8 Å². The highest BCUT2D eigenvalue weighted by Gasteiger charge is 2.13. The number of aromatic amines is 1. The fourth-order valence-corrected chi connectivity index (χ4v) is 4.31. The molecule has 1 aromatic carbocycles. The van der Waals surface area contributed by atoms with Crippen molar-refractivity contribution in [3.05, 3.63) is 45.5 Å². The third-order valence-corrected chi connectivity index (χ3v) is 5.69. The summed E-state index contributed by atoms with van der Waals surface area (Å²) in [6.45, 7) is 2.07. The van der Waals surface area contributed by atoms with Crippen molar-refractivity contribution in [2.75, 3.05) is 5.32 Å². The van der Waals surface area contributed by atoms with E-state index in [1.165, 1.54) is 0 Å². The minimum absolute atomic E-state index is 0.0995. The number of aromatic nitrogens is 4. The highest BCUT2D eigenvalue weighted by Crippen LogP contribution is 2.25. The van der Waals surface area contributed by atoms with Gasteiger partial charge in [0.25, 0.3) is 0 Å². The van der Waals surface area contributed by atoms with Crippen molar-refractivity contribution >= 4 is 56.7 Å². The summed E-state index contributed by atoms with van der Waals surface area (Å²) in [5.41, 5.74) is 1.69. The third kappa shape index (κ3) is 3.26. The predicted octanol–water partition coefficient (Wildman–Crippen LogP) is 4.23. The molecule has 0 bridgehead atoms. The first kappa shape index (κ1) is 16.1. The molecule has 0 saturated heterocycles. The second kappa shape index (κ2) is 6.51. The lowest BCUT2D eigenvalue weighted by Gasteiger charge is -2.07. The van der Waals surface area contributed by atoms with Gasteiger partial charge in [-0.1, -0.05) is 6.07 Å². The first-order valence-electron chi connectivity index (χ1n) is 7.46. The molecule has 3 aromatic heterocycles. The first-order valence-corrected chi connectivity index (χ1v) is 9.57. The van der Waals surface area contributed by atoms with Crippen LogP contribution in [0.15, 0.2) is 35.7 Å². The number of aryl methyl sites for hydroxylation is 1. The quantitative estimate of drug-likeness (QED) is 0.514. The Morgan fingerprint density at radius 2 is 2.28 bits per heavy atom. The van der Waals surface area contributed by atoms with Crippen LogP contribution in [0.1, 0.15) is 5.01 Å². The molecule has 1 amide bonds. The van der Waals surface area contributed by atoms with E-state index in [4.69, 9.17) is 12.2 Å². The summed E-state index contributed by atoms with van der Waals surface area (Å²) in [6, 6.07) is 9.59. The van der Waals surface area contributed by atoms with Crippen LogP contribution in [0, 0.1) is 11.7 Å². The molecular formula is C16H13N5OS3. The molecule has 0 spiro atoms. The van der Waals surface area contributed by atoms with E-state index in [2.05, 4.69) is 20.5 Å². The topological polar surface area (TPSA) is 75.6 Å². The number of carbonyl (C=O) groups excluding carboxylic acids is 1. The van der Waals surface area contributed by atoms with Gasteiger partial charge in [0.2, 0.25) is 5.91 Å². The van der Waals surface area contributed by atoms with Crippen molar-refractivity contribution in [1.29, 1.82) is 0 Å². The predicted molar refractivity (Wildman–Crippen MR) is 104 cm³/mol. The van der Waals surface area contributed by atoms with Crippen molar-refractivity contribution in [3.63, 3.8) is 0 Å². The van der Waals surface area contributed by atoms with Gasteiger partial charge in [0, 0.05) is 5.69 Å². The molecule has 0 aliphatic heterocycles. The van der Waals surface area contributed by atoms with Crippen LogP contribution in [0.4, 0.5) is 5.69 Å². The van der Waals surface area contributed by atoms with Gasteiger partial charge in [-0.3, -0.25) is 14.5 Å². The number of hydrogen-bond acceptors (Lipinski definition) is 6. The van der Waals surface area contributed by atoms with Gasteiger partial charge in [-0.15, -0.1) is 22.7 Å². The summed E-state index contributed by atoms with van der Waals surface area (Å²) < 4.78 is 3.17. The summed E-state index contributed by atoms with van der Waals surface area (Å²) in [4.78, 5) is 17.8. The zero-order valence-electron chi connectivity index (χ0n) is 13.1. The number of amides is 1. The summed E-state index contributed by atoms with van der Waals surface area (Å²) >= 11 is 8.41. The lowest BCUT2D eigenvalue weighted by molar-refractivity contribution is -0.116. The number of anilines is 1. The Bertz CT molecular complexity index is 1110. The van der Waals surface area contributed by atoms with Crippen LogP contribution in [-0.4, -0.2) is 25.7 Å². The lowest BCUT2D eigenvalue weighted by Crippen LogP contribution is -2.19. The number of nitrogens with one attached hydrogen (secondary N) is 2. The molecule has 0 fully saturated rings. The summed E-state index contributed by atoms with van der Waals surface area (Å²) in [5, 5.41) is 12.9. The van der Waals surface area contributed by atoms with Gasteiger partial charge >= 0.3 is 0 Å². The monoisotopic (exact) mass is 387 g/mol. The molecule has 0 saturated carbocycles. The van der Waals surface area contributed by atoms with Crippen molar-refractivity contribution in [3.8, 4) is 10.7 Å². The van der Waals surface area contributed by atoms with Crippen LogP contribution in [-0.2, 0) is 11.3 Å². The van der Waals surface area contributed by atoms with E-state index < -0.39 is 0 Å². The average Bonchev–Trinajstić information content (AvgIpc) is 3.28. The lowest BCUT2D eigenvalue weighted by atomic mass is 10.3. The Hall–Kier alpha value is -2.36. The summed E-state index contributed by atoms with van der Waals surface area (Å²) in [6.07, 6.45) is 0. The molecule has 4 aromatic rings. The molecule has 4 rings (SSSR count). The Morgan fingerprint density at radius 1 is 1.40 bits per heavy atom. The van der Waals surface area contributed by atoms with Crippen molar-refractivity contribution in [2.45, 2.75) is 13.5 Å². The van der Waals surface area contributed by atoms with Crippen molar-refractivity contribution in [2.24, 2.45) is 0 Å². The fraction of sp³-hybridized carbons (Fsp3) is 0.125. The third-order valence-electron chi connectivity index (χ3n) is 3.58. The number of nitrogens with zero attached hydrogens (tertiary/aromatic N) is 3. The molecule has 126 valence electrons. The van der Waals surface area contributed by atoms with E-state index in [0.29, 0.717) is 10.6 Å². The van der Waals surface area contributed by atoms with E-state index in [9.17, 15) is 4.79 Å². The molecule has 2 N–H and O–H groups in total. The van der Waals surface area contributed by atoms with E-state index in [0.717, 1.165) is 25.8 Å². The minimum Gasteiger partial charge on any atom is -0.324 e. The molecule has 9 heteroatoms. The number of H-pyrrole nitrogens is 1. The second-order valence-electron chi connectivity index (χ2n) is 5.38. The number of thiophene rings is 1. The van der Waals surface area contributed by atoms with Crippen LogP contribution in [0.2, 0.25) is 0 Å². The zero-order chi connectivity index (χ0) is 17.4. The maximum Gasteiger partial charge on any atom is 0.244 e. The smallest absolute Gasteiger partial charge is 0.244 e. The average molecular weight is 388 g/mol. The zero-order valence-corrected chi connectivity index (χ0v) is 15.6. The number of carbonyl (C=O) groups is 1. The van der Waals surface area contributed by atoms with Crippen LogP contribution in [0.25, 0.3) is 20.9 Å². The van der Waals surface area contributed by atoms with Crippen LogP contribution in [0.5, 0.6) is 0 Å². The van der Waals surface area contributed by atoms with Gasteiger partial charge in [-0.2, -0.15) is 5.10 Å². The second-order valence-corrected chi connectivity index (χ2v) is 7.95. The largest absolute Gasteiger partial charge is 0.324 e. The molecule has 0 atom stereocenters. The Balaban J connectivity index is 1.56. The Labute approximate surface area is 156 Å². The standard InChI is InChI=1S/C16H13N5OS3/c1-9-17-11-5-4-10(7-13(11)25-9)18-14(22)8-21-15(19-20-16(21)23)12-3-2-6-24-12/h2-7H,8H2,1H3,(H,18,22)(H,20,23). The van der Waals surface area contributed by atoms with Gasteiger partial charge in [0.05, 0.1) is 20.1 Å². The molecule has 0 unspecified atom stereocenters. The van der Waals surface area contributed by atoms with Crippen LogP contribution >= 0.6 is 34.9 Å². The highest BCUT2D eigenvalue weighted by atomic mass is 32.1.